The fraction of sp³-hybridized carbons (Fsp3) is 0.333. The topological polar surface area (TPSA) is 44.1 Å². The molecule has 0 unspecified atom stereocenters. The summed E-state index contributed by atoms with van der Waals surface area (Å²) in [5.41, 5.74) is 3.44. The Balaban J connectivity index is 2.59. The average Bonchev–Trinajstić information content (AvgIpc) is 2.83. The van der Waals surface area contributed by atoms with Gasteiger partial charge < -0.3 is 4.74 Å². The molecule has 0 fully saturated rings. The Labute approximate surface area is 113 Å². The minimum Gasteiger partial charge on any atom is -0.464 e. The van der Waals surface area contributed by atoms with Crippen molar-refractivity contribution in [1.29, 1.82) is 0 Å². The monoisotopic (exact) mass is 258 g/mol. The van der Waals surface area contributed by atoms with Gasteiger partial charge in [-0.2, -0.15) is 5.10 Å². The summed E-state index contributed by atoms with van der Waals surface area (Å²) < 4.78 is 6.56. The number of hydrogen-bond donors (Lipinski definition) is 0. The van der Waals surface area contributed by atoms with E-state index in [0.717, 1.165) is 16.9 Å². The third-order valence-corrected chi connectivity index (χ3v) is 3.07. The van der Waals surface area contributed by atoms with Crippen molar-refractivity contribution in [2.45, 2.75) is 26.7 Å². The SMILES string of the molecule is COC(=O)c1cc(C(C)C)n(-c2ccccc2C)n1. The number of aromatic nitrogens is 2. The van der Waals surface area contributed by atoms with Crippen LogP contribution >= 0.6 is 0 Å². The van der Waals surface area contributed by atoms with E-state index in [0.29, 0.717) is 5.69 Å². The summed E-state index contributed by atoms with van der Waals surface area (Å²) in [7, 11) is 1.37. The van der Waals surface area contributed by atoms with E-state index in [2.05, 4.69) is 18.9 Å². The zero-order valence-corrected chi connectivity index (χ0v) is 11.7. The quantitative estimate of drug-likeness (QED) is 0.795. The summed E-state index contributed by atoms with van der Waals surface area (Å²) in [6, 6.07) is 9.77. The molecule has 1 heterocycles. The van der Waals surface area contributed by atoms with E-state index in [9.17, 15) is 4.79 Å². The van der Waals surface area contributed by atoms with Crippen molar-refractivity contribution < 1.29 is 9.53 Å². The molecule has 0 aliphatic carbocycles. The smallest absolute Gasteiger partial charge is 0.358 e. The van der Waals surface area contributed by atoms with Crippen molar-refractivity contribution >= 4 is 5.97 Å². The standard InChI is InChI=1S/C15H18N2O2/c1-10(2)14-9-12(15(18)19-4)16-17(14)13-8-6-5-7-11(13)3/h5-10H,1-4H3. The number of rotatable bonds is 3. The lowest BCUT2D eigenvalue weighted by molar-refractivity contribution is 0.0593. The van der Waals surface area contributed by atoms with E-state index in [1.54, 1.807) is 6.07 Å². The molecule has 2 rings (SSSR count). The van der Waals surface area contributed by atoms with Crippen LogP contribution in [0.2, 0.25) is 0 Å². The predicted molar refractivity (Wildman–Crippen MR) is 73.7 cm³/mol. The Morgan fingerprint density at radius 2 is 2.00 bits per heavy atom. The van der Waals surface area contributed by atoms with E-state index in [1.165, 1.54) is 7.11 Å². The number of carbonyl (C=O) groups excluding carboxylic acids is 1. The van der Waals surface area contributed by atoms with E-state index in [4.69, 9.17) is 4.74 Å². The van der Waals surface area contributed by atoms with Crippen molar-refractivity contribution in [1.82, 2.24) is 9.78 Å². The molecule has 0 bridgehead atoms. The maximum absolute atomic E-state index is 11.6. The molecule has 1 aromatic heterocycles. The first kappa shape index (κ1) is 13.3. The highest BCUT2D eigenvalue weighted by atomic mass is 16.5. The van der Waals surface area contributed by atoms with Crippen LogP contribution in [0, 0.1) is 6.92 Å². The number of esters is 1. The number of carbonyl (C=O) groups is 1. The van der Waals surface area contributed by atoms with Crippen LogP contribution in [0.25, 0.3) is 5.69 Å². The van der Waals surface area contributed by atoms with Crippen LogP contribution in [0.3, 0.4) is 0 Å². The zero-order chi connectivity index (χ0) is 14.0. The fourth-order valence-electron chi connectivity index (χ4n) is 2.01. The Morgan fingerprint density at radius 3 is 2.58 bits per heavy atom. The van der Waals surface area contributed by atoms with Crippen molar-refractivity contribution in [2.24, 2.45) is 0 Å². The summed E-state index contributed by atoms with van der Waals surface area (Å²) >= 11 is 0. The van der Waals surface area contributed by atoms with Gasteiger partial charge in [0.1, 0.15) is 0 Å². The normalized spacial score (nSPS) is 10.8. The van der Waals surface area contributed by atoms with Gasteiger partial charge in [0.15, 0.2) is 5.69 Å². The summed E-state index contributed by atoms with van der Waals surface area (Å²) in [6.45, 7) is 6.18. The van der Waals surface area contributed by atoms with Gasteiger partial charge in [-0.1, -0.05) is 32.0 Å². The second-order valence-electron chi connectivity index (χ2n) is 4.80. The van der Waals surface area contributed by atoms with Crippen LogP contribution in [0.4, 0.5) is 0 Å². The van der Waals surface area contributed by atoms with Crippen LogP contribution in [0.5, 0.6) is 0 Å². The first-order valence-electron chi connectivity index (χ1n) is 6.29. The molecule has 0 saturated heterocycles. The molecule has 0 atom stereocenters. The van der Waals surface area contributed by atoms with Crippen LogP contribution < -0.4 is 0 Å². The molecule has 0 radical (unpaired) electrons. The zero-order valence-electron chi connectivity index (χ0n) is 11.7. The number of benzene rings is 1. The lowest BCUT2D eigenvalue weighted by Gasteiger charge is -2.11. The van der Waals surface area contributed by atoms with Gasteiger partial charge in [-0.05, 0) is 30.5 Å². The van der Waals surface area contributed by atoms with E-state index < -0.39 is 5.97 Å². The summed E-state index contributed by atoms with van der Waals surface area (Å²) in [5, 5.41) is 4.38. The lowest BCUT2D eigenvalue weighted by Crippen LogP contribution is -2.07. The van der Waals surface area contributed by atoms with Gasteiger partial charge in [0.05, 0.1) is 12.8 Å². The maximum Gasteiger partial charge on any atom is 0.358 e. The molecule has 4 heteroatoms. The van der Waals surface area contributed by atoms with Gasteiger partial charge in [0, 0.05) is 5.69 Å². The first-order valence-corrected chi connectivity index (χ1v) is 6.29. The molecule has 19 heavy (non-hydrogen) atoms. The van der Waals surface area contributed by atoms with Crippen molar-refractivity contribution in [2.75, 3.05) is 7.11 Å². The van der Waals surface area contributed by atoms with Crippen LogP contribution in [0.1, 0.15) is 41.5 Å². The molecule has 0 N–H and O–H groups in total. The van der Waals surface area contributed by atoms with Gasteiger partial charge in [0.25, 0.3) is 0 Å². The maximum atomic E-state index is 11.6. The van der Waals surface area contributed by atoms with Gasteiger partial charge in [-0.25, -0.2) is 9.48 Å². The van der Waals surface area contributed by atoms with Crippen molar-refractivity contribution in [3.05, 3.63) is 47.3 Å². The minimum absolute atomic E-state index is 0.269. The van der Waals surface area contributed by atoms with Gasteiger partial charge in [-0.15, -0.1) is 0 Å². The first-order chi connectivity index (χ1) is 9.04. The number of ether oxygens (including phenoxy) is 1. The lowest BCUT2D eigenvalue weighted by atomic mass is 10.1. The second-order valence-corrected chi connectivity index (χ2v) is 4.80. The highest BCUT2D eigenvalue weighted by Crippen LogP contribution is 2.22. The molecule has 0 amide bonds. The molecule has 4 nitrogen and oxygen atoms in total. The highest BCUT2D eigenvalue weighted by molar-refractivity contribution is 5.87. The number of para-hydroxylation sites is 1. The Kier molecular flexibility index (Phi) is 3.69. The largest absolute Gasteiger partial charge is 0.464 e. The molecule has 0 aliphatic heterocycles. The summed E-state index contributed by atoms with van der Waals surface area (Å²) in [4.78, 5) is 11.6. The Hall–Kier alpha value is -2.10. The Morgan fingerprint density at radius 1 is 1.32 bits per heavy atom. The molecular weight excluding hydrogens is 240 g/mol. The highest BCUT2D eigenvalue weighted by Gasteiger charge is 2.18. The summed E-state index contributed by atoms with van der Waals surface area (Å²) in [5.74, 6) is -0.139. The third-order valence-electron chi connectivity index (χ3n) is 3.07. The predicted octanol–water partition coefficient (Wildman–Crippen LogP) is 3.09. The molecule has 0 saturated carbocycles. The minimum atomic E-state index is -0.408. The molecule has 0 spiro atoms. The van der Waals surface area contributed by atoms with Crippen LogP contribution in [-0.2, 0) is 4.74 Å². The molecule has 1 aromatic carbocycles. The molecule has 100 valence electrons. The van der Waals surface area contributed by atoms with E-state index >= 15 is 0 Å². The number of aryl methyl sites for hydroxylation is 1. The van der Waals surface area contributed by atoms with Gasteiger partial charge >= 0.3 is 5.97 Å². The van der Waals surface area contributed by atoms with E-state index in [1.807, 2.05) is 35.9 Å². The number of methoxy groups -OCH3 is 1. The number of nitrogens with zero attached hydrogens (tertiary/aromatic N) is 2. The van der Waals surface area contributed by atoms with E-state index in [-0.39, 0.29) is 5.92 Å². The average molecular weight is 258 g/mol. The van der Waals surface area contributed by atoms with Gasteiger partial charge in [-0.3, -0.25) is 0 Å². The summed E-state index contributed by atoms with van der Waals surface area (Å²) in [6.07, 6.45) is 0. The Bertz CT molecular complexity index is 600. The van der Waals surface area contributed by atoms with Crippen LogP contribution in [0.15, 0.2) is 30.3 Å². The van der Waals surface area contributed by atoms with Crippen LogP contribution in [-0.4, -0.2) is 22.9 Å². The fourth-order valence-corrected chi connectivity index (χ4v) is 2.01. The molecule has 2 aromatic rings. The number of hydrogen-bond acceptors (Lipinski definition) is 3. The van der Waals surface area contributed by atoms with Crippen molar-refractivity contribution in [3.63, 3.8) is 0 Å². The molecular formula is C15H18N2O2. The molecule has 0 aliphatic rings. The van der Waals surface area contributed by atoms with Gasteiger partial charge in [0.2, 0.25) is 0 Å². The second kappa shape index (κ2) is 5.26. The third kappa shape index (κ3) is 2.52. The van der Waals surface area contributed by atoms with Crippen molar-refractivity contribution in [3.8, 4) is 5.69 Å².